The minimum atomic E-state index is -4.01. The van der Waals surface area contributed by atoms with E-state index in [0.717, 1.165) is 0 Å². The zero-order valence-corrected chi connectivity index (χ0v) is 35.9. The summed E-state index contributed by atoms with van der Waals surface area (Å²) in [6, 6.07) is 1.41. The first-order valence-corrected chi connectivity index (χ1v) is 22.3. The number of nitrogens with two attached hydrogens (primary N) is 1. The fraction of sp³-hybridized carbons (Fsp3) is 0.500. The second-order valence-electron chi connectivity index (χ2n) is 16.3. The molecule has 0 aliphatic heterocycles. The lowest BCUT2D eigenvalue weighted by Crippen LogP contribution is -2.84. The number of unbranched alkanes of at least 4 members (excludes halogenated alkanes) is 18. The smallest absolute Gasteiger partial charge is 0.194 e. The summed E-state index contributed by atoms with van der Waals surface area (Å²) in [5.74, 6) is -24.0. The molecule has 2 N–H and O–H groups in total. The van der Waals surface area contributed by atoms with Gasteiger partial charge in [-0.3, -0.25) is 0 Å². The van der Waals surface area contributed by atoms with E-state index in [2.05, 4.69) is 19.2 Å². The Morgan fingerprint density at radius 1 is 0.290 bits per heavy atom. The zero-order chi connectivity index (χ0) is 45.7. The maximum absolute atomic E-state index is 14.4. The van der Waals surface area contributed by atoms with Crippen molar-refractivity contribution in [1.82, 2.24) is 0 Å². The van der Waals surface area contributed by atoms with Crippen molar-refractivity contribution in [2.75, 3.05) is 13.1 Å². The van der Waals surface area contributed by atoms with Gasteiger partial charge in [-0.15, -0.1) is 0 Å². The highest BCUT2D eigenvalue weighted by Gasteiger charge is 2.37. The van der Waals surface area contributed by atoms with Crippen LogP contribution in [0.4, 0.5) is 52.7 Å². The lowest BCUT2D eigenvalue weighted by molar-refractivity contribution is -0.655. The van der Waals surface area contributed by atoms with Gasteiger partial charge in [0.2, 0.25) is 0 Å². The molecule has 0 saturated carbocycles. The molecule has 1 nitrogen and oxygen atoms in total. The first kappa shape index (κ1) is 52.4. The van der Waals surface area contributed by atoms with Crippen LogP contribution in [0.5, 0.6) is 0 Å². The molecule has 0 aromatic heterocycles. The summed E-state index contributed by atoms with van der Waals surface area (Å²) < 4.78 is 170. The van der Waals surface area contributed by atoms with Crippen LogP contribution in [0.15, 0.2) is 48.5 Å². The average Bonchev–Trinajstić information content (AvgIpc) is 3.23. The van der Waals surface area contributed by atoms with E-state index in [0.29, 0.717) is 0 Å². The number of halogens is 12. The maximum Gasteiger partial charge on any atom is 0.194 e. The summed E-state index contributed by atoms with van der Waals surface area (Å²) in [6.45, 7) is 7.34. The highest BCUT2D eigenvalue weighted by atomic mass is 19.2. The van der Waals surface area contributed by atoms with E-state index in [1.165, 1.54) is 142 Å². The molecule has 0 heterocycles. The van der Waals surface area contributed by atoms with Crippen molar-refractivity contribution in [2.24, 2.45) is 0 Å². The van der Waals surface area contributed by atoms with E-state index in [9.17, 15) is 52.7 Å². The second-order valence-corrected chi connectivity index (χ2v) is 16.3. The number of hydrogen-bond acceptors (Lipinski definition) is 0. The number of quaternary nitrogens is 1. The topological polar surface area (TPSA) is 16.6 Å². The molecule has 0 radical (unpaired) electrons. The molecule has 0 amide bonds. The van der Waals surface area contributed by atoms with Gasteiger partial charge in [-0.1, -0.05) is 165 Å². The minimum Gasteiger partial charge on any atom is -0.346 e. The maximum atomic E-state index is 14.4. The van der Waals surface area contributed by atoms with Gasteiger partial charge in [-0.05, 0) is 25.7 Å². The third-order valence-electron chi connectivity index (χ3n) is 11.5. The Kier molecular flexibility index (Phi) is 23.1. The van der Waals surface area contributed by atoms with Crippen LogP contribution in [-0.4, -0.2) is 19.2 Å². The lowest BCUT2D eigenvalue weighted by Gasteiger charge is -2.44. The Hall–Kier alpha value is -3.94. The van der Waals surface area contributed by atoms with E-state index in [4.69, 9.17) is 0 Å². The van der Waals surface area contributed by atoms with Gasteiger partial charge in [0.1, 0.15) is 6.15 Å². The molecule has 62 heavy (non-hydrogen) atoms. The fourth-order valence-corrected chi connectivity index (χ4v) is 8.15. The Morgan fingerprint density at radius 2 is 0.468 bits per heavy atom. The van der Waals surface area contributed by atoms with Gasteiger partial charge in [-0.25, -0.2) is 52.7 Å². The van der Waals surface area contributed by atoms with Gasteiger partial charge in [0.05, 0.1) is 13.1 Å². The highest BCUT2D eigenvalue weighted by Crippen LogP contribution is 2.21. The Balaban J connectivity index is 0.000000360. The molecule has 0 bridgehead atoms. The molecule has 0 saturated heterocycles. The van der Waals surface area contributed by atoms with E-state index in [1.54, 1.807) is 0 Å². The number of rotatable bonds is 26. The molecule has 344 valence electrons. The Labute approximate surface area is 359 Å². The molecule has 0 aliphatic rings. The summed E-state index contributed by atoms with van der Waals surface area (Å²) in [7, 11) is 0. The summed E-state index contributed by atoms with van der Waals surface area (Å²) >= 11 is 0. The first-order valence-electron chi connectivity index (χ1n) is 22.3. The fourth-order valence-electron chi connectivity index (χ4n) is 8.15. The SMILES string of the molecule is CCCCCCCCCCCC[NH2+]CCCCCCCCCCCC.Fc1cc([B-](c2cc(F)c(F)c(F)c2)(c2cc(F)c(F)c(F)c2)c2cc(F)c(F)c(F)c2)cc(F)c1F. The van der Waals surface area contributed by atoms with Crippen LogP contribution in [0.2, 0.25) is 0 Å². The third-order valence-corrected chi connectivity index (χ3v) is 11.5. The summed E-state index contributed by atoms with van der Waals surface area (Å²) in [5.41, 5.74) is -3.79. The molecular weight excluding hydrogens is 829 g/mol. The van der Waals surface area contributed by atoms with Crippen molar-refractivity contribution < 1.29 is 58.0 Å². The van der Waals surface area contributed by atoms with Gasteiger partial charge >= 0.3 is 0 Å². The molecule has 0 fully saturated rings. The normalized spacial score (nSPS) is 11.6. The molecule has 0 unspecified atom stereocenters. The van der Waals surface area contributed by atoms with Crippen molar-refractivity contribution in [1.29, 1.82) is 0 Å². The summed E-state index contributed by atoms with van der Waals surface area (Å²) in [4.78, 5) is 0. The van der Waals surface area contributed by atoms with Crippen LogP contribution < -0.4 is 27.2 Å². The Bertz CT molecular complexity index is 1620. The highest BCUT2D eigenvalue weighted by molar-refractivity contribution is 7.19. The summed E-state index contributed by atoms with van der Waals surface area (Å²) in [5, 5.41) is 2.56. The van der Waals surface area contributed by atoms with Crippen LogP contribution in [0.1, 0.15) is 142 Å². The van der Waals surface area contributed by atoms with Crippen molar-refractivity contribution in [3.8, 4) is 0 Å². The molecule has 4 rings (SSSR count). The average molecular weight is 890 g/mol. The van der Waals surface area contributed by atoms with E-state index < -0.39 is 97.8 Å². The van der Waals surface area contributed by atoms with Crippen LogP contribution in [0.25, 0.3) is 0 Å². The monoisotopic (exact) mass is 889 g/mol. The summed E-state index contributed by atoms with van der Waals surface area (Å²) in [6.07, 6.45) is 25.1. The molecule has 4 aromatic carbocycles. The van der Waals surface area contributed by atoms with E-state index in [-0.39, 0.29) is 48.5 Å². The van der Waals surface area contributed by atoms with Crippen molar-refractivity contribution in [3.63, 3.8) is 0 Å². The quantitative estimate of drug-likeness (QED) is 0.0280. The predicted molar refractivity (Wildman–Crippen MR) is 225 cm³/mol. The standard InChI is InChI=1S/C24H8BF12.C24H51N/c26-13-1-9(2-14(27)21(13)34)25(10-3-15(28)22(35)16(29)4-10,11-5-17(30)23(36)18(31)6-11)12-7-19(32)24(37)20(33)8-12;1-3-5-7-9-11-13-15-17-19-21-23-25-24-22-20-18-16-14-12-10-8-6-4-2/h1-8H;25H,3-24H2,1-2H3/q-1;/p+1. The second kappa shape index (κ2) is 27.3. The van der Waals surface area contributed by atoms with Crippen LogP contribution in [0, 0.1) is 69.8 Å². The van der Waals surface area contributed by atoms with Crippen molar-refractivity contribution in [2.45, 2.75) is 142 Å². The van der Waals surface area contributed by atoms with E-state index >= 15 is 0 Å². The third kappa shape index (κ3) is 15.1. The first-order chi connectivity index (χ1) is 29.7. The van der Waals surface area contributed by atoms with Crippen molar-refractivity contribution >= 4 is 28.0 Å². The number of hydrogen-bond donors (Lipinski definition) is 1. The molecule has 0 aliphatic carbocycles. The van der Waals surface area contributed by atoms with E-state index in [1.807, 2.05) is 0 Å². The van der Waals surface area contributed by atoms with Gasteiger partial charge in [-0.2, -0.15) is 21.9 Å². The van der Waals surface area contributed by atoms with Gasteiger partial charge in [0.25, 0.3) is 0 Å². The lowest BCUT2D eigenvalue weighted by atomic mass is 9.13. The van der Waals surface area contributed by atoms with Gasteiger partial charge in [0.15, 0.2) is 69.8 Å². The Morgan fingerprint density at radius 3 is 0.661 bits per heavy atom. The molecule has 0 atom stereocenters. The zero-order valence-electron chi connectivity index (χ0n) is 35.9. The van der Waals surface area contributed by atoms with Crippen LogP contribution in [-0.2, 0) is 0 Å². The minimum absolute atomic E-state index is 0.177. The van der Waals surface area contributed by atoms with Gasteiger partial charge in [0, 0.05) is 0 Å². The number of benzene rings is 4. The van der Waals surface area contributed by atoms with Crippen molar-refractivity contribution in [3.05, 3.63) is 118 Å². The van der Waals surface area contributed by atoms with Gasteiger partial charge < -0.3 is 5.32 Å². The largest absolute Gasteiger partial charge is 0.346 e. The molecular formula is C48H60BF12N. The van der Waals surface area contributed by atoms with Crippen LogP contribution >= 0.6 is 0 Å². The molecule has 4 aromatic rings. The predicted octanol–water partition coefficient (Wildman–Crippen LogP) is 12.1. The molecule has 14 heteroatoms. The molecule has 0 spiro atoms. The van der Waals surface area contributed by atoms with Crippen LogP contribution in [0.3, 0.4) is 0 Å².